The molecule has 7 heteroatoms. The third-order valence-corrected chi connectivity index (χ3v) is 3.16. The number of ether oxygens (including phenoxy) is 2. The van der Waals surface area contributed by atoms with Gasteiger partial charge in [0.25, 0.3) is 0 Å². The Bertz CT molecular complexity index is 552. The molecule has 2 rings (SSSR count). The highest BCUT2D eigenvalue weighted by atomic mass is 32.1. The van der Waals surface area contributed by atoms with Crippen LogP contribution < -0.4 is 10.5 Å². The number of nitrogens with two attached hydrogens (primary N) is 1. The third-order valence-electron chi connectivity index (χ3n) is 2.09. The molecule has 0 aliphatic carbocycles. The predicted molar refractivity (Wildman–Crippen MR) is 59.7 cm³/mol. The SMILES string of the molecule is COC(=O)c1sc2nncc(OC)c2c1N. The summed E-state index contributed by atoms with van der Waals surface area (Å²) in [5.41, 5.74) is 6.17. The Kier molecular flexibility index (Phi) is 2.61. The monoisotopic (exact) mass is 239 g/mol. The number of fused-ring (bicyclic) bond motifs is 1. The van der Waals surface area contributed by atoms with E-state index in [0.717, 1.165) is 11.3 Å². The molecule has 0 fully saturated rings. The van der Waals surface area contributed by atoms with Crippen LogP contribution in [0.1, 0.15) is 9.67 Å². The van der Waals surface area contributed by atoms with E-state index in [1.807, 2.05) is 0 Å². The summed E-state index contributed by atoms with van der Waals surface area (Å²) in [4.78, 5) is 12.3. The molecule has 2 aromatic rings. The molecule has 0 bridgehead atoms. The maximum absolute atomic E-state index is 11.4. The zero-order valence-corrected chi connectivity index (χ0v) is 9.50. The van der Waals surface area contributed by atoms with Crippen molar-refractivity contribution < 1.29 is 14.3 Å². The number of methoxy groups -OCH3 is 2. The first kappa shape index (κ1) is 10.6. The molecule has 0 radical (unpaired) electrons. The van der Waals surface area contributed by atoms with Gasteiger partial charge in [-0.1, -0.05) is 0 Å². The highest BCUT2D eigenvalue weighted by Crippen LogP contribution is 2.37. The van der Waals surface area contributed by atoms with Crippen LogP contribution in [-0.4, -0.2) is 30.4 Å². The molecule has 0 aromatic carbocycles. The van der Waals surface area contributed by atoms with Gasteiger partial charge in [0.15, 0.2) is 10.6 Å². The molecule has 2 N–H and O–H groups in total. The first-order chi connectivity index (χ1) is 7.69. The van der Waals surface area contributed by atoms with E-state index in [2.05, 4.69) is 14.9 Å². The summed E-state index contributed by atoms with van der Waals surface area (Å²) in [5.74, 6) is 0.0106. The summed E-state index contributed by atoms with van der Waals surface area (Å²) < 4.78 is 9.73. The van der Waals surface area contributed by atoms with Gasteiger partial charge >= 0.3 is 5.97 Å². The van der Waals surface area contributed by atoms with E-state index in [-0.39, 0.29) is 0 Å². The van der Waals surface area contributed by atoms with Gasteiger partial charge in [-0.3, -0.25) is 0 Å². The molecule has 0 aliphatic rings. The Morgan fingerprint density at radius 2 is 2.25 bits per heavy atom. The number of carbonyl (C=O) groups is 1. The van der Waals surface area contributed by atoms with Crippen molar-refractivity contribution in [2.45, 2.75) is 0 Å². The van der Waals surface area contributed by atoms with Crippen LogP contribution in [0, 0.1) is 0 Å². The van der Waals surface area contributed by atoms with Crippen molar-refractivity contribution in [3.05, 3.63) is 11.1 Å². The summed E-state index contributed by atoms with van der Waals surface area (Å²) in [7, 11) is 2.81. The quantitative estimate of drug-likeness (QED) is 0.789. The Morgan fingerprint density at radius 3 is 2.88 bits per heavy atom. The second-order valence-corrected chi connectivity index (χ2v) is 3.93. The van der Waals surface area contributed by atoms with Crippen LogP contribution in [0.15, 0.2) is 6.20 Å². The lowest BCUT2D eigenvalue weighted by atomic mass is 10.2. The summed E-state index contributed by atoms with van der Waals surface area (Å²) in [6.45, 7) is 0. The highest BCUT2D eigenvalue weighted by Gasteiger charge is 2.20. The van der Waals surface area contributed by atoms with Crippen molar-refractivity contribution in [1.29, 1.82) is 0 Å². The number of anilines is 1. The van der Waals surface area contributed by atoms with Crippen molar-refractivity contribution in [3.63, 3.8) is 0 Å². The van der Waals surface area contributed by atoms with E-state index in [1.54, 1.807) is 0 Å². The number of nitrogens with zero attached hydrogens (tertiary/aromatic N) is 2. The molecule has 0 saturated carbocycles. The van der Waals surface area contributed by atoms with Gasteiger partial charge in [-0.2, -0.15) is 5.10 Å². The maximum atomic E-state index is 11.4. The van der Waals surface area contributed by atoms with Gasteiger partial charge in [-0.25, -0.2) is 4.79 Å². The minimum atomic E-state index is -0.484. The van der Waals surface area contributed by atoms with Gasteiger partial charge in [0.1, 0.15) is 4.88 Å². The molecule has 84 valence electrons. The fourth-order valence-corrected chi connectivity index (χ4v) is 2.31. The molecular weight excluding hydrogens is 230 g/mol. The zero-order chi connectivity index (χ0) is 11.7. The number of esters is 1. The van der Waals surface area contributed by atoms with Crippen LogP contribution in [0.3, 0.4) is 0 Å². The molecule has 6 nitrogen and oxygen atoms in total. The molecule has 2 heterocycles. The van der Waals surface area contributed by atoms with Gasteiger partial charge < -0.3 is 15.2 Å². The van der Waals surface area contributed by atoms with E-state index in [4.69, 9.17) is 10.5 Å². The molecule has 16 heavy (non-hydrogen) atoms. The molecule has 0 amide bonds. The van der Waals surface area contributed by atoms with Crippen LogP contribution in [-0.2, 0) is 4.74 Å². The van der Waals surface area contributed by atoms with Crippen molar-refractivity contribution in [2.75, 3.05) is 20.0 Å². The summed E-state index contributed by atoms with van der Waals surface area (Å²) >= 11 is 1.13. The summed E-state index contributed by atoms with van der Waals surface area (Å²) in [6, 6.07) is 0. The van der Waals surface area contributed by atoms with Gasteiger partial charge in [0.2, 0.25) is 0 Å². The van der Waals surface area contributed by atoms with Gasteiger partial charge in [-0.15, -0.1) is 16.4 Å². The smallest absolute Gasteiger partial charge is 0.350 e. The van der Waals surface area contributed by atoms with E-state index < -0.39 is 5.97 Å². The molecule has 0 atom stereocenters. The van der Waals surface area contributed by atoms with Gasteiger partial charge in [0, 0.05) is 0 Å². The van der Waals surface area contributed by atoms with Crippen LogP contribution in [0.4, 0.5) is 5.69 Å². The number of carbonyl (C=O) groups excluding carboxylic acids is 1. The second-order valence-electron chi connectivity index (χ2n) is 2.93. The van der Waals surface area contributed by atoms with Crippen LogP contribution in [0.25, 0.3) is 10.2 Å². The number of aromatic nitrogens is 2. The van der Waals surface area contributed by atoms with Crippen molar-refractivity contribution in [2.24, 2.45) is 0 Å². The van der Waals surface area contributed by atoms with Gasteiger partial charge in [0.05, 0.1) is 31.5 Å². The largest absolute Gasteiger partial charge is 0.494 e. The number of hydrogen-bond acceptors (Lipinski definition) is 7. The molecular formula is C9H9N3O3S. The average molecular weight is 239 g/mol. The lowest BCUT2D eigenvalue weighted by Gasteiger charge is -2.00. The minimum absolute atomic E-state index is 0.316. The summed E-state index contributed by atoms with van der Waals surface area (Å²) in [5, 5.41) is 8.24. The first-order valence-corrected chi connectivity index (χ1v) is 5.16. The number of rotatable bonds is 2. The van der Waals surface area contributed by atoms with E-state index >= 15 is 0 Å². The summed E-state index contributed by atoms with van der Waals surface area (Å²) in [6.07, 6.45) is 1.45. The average Bonchev–Trinajstić information content (AvgIpc) is 2.66. The topological polar surface area (TPSA) is 87.3 Å². The molecule has 0 aliphatic heterocycles. The van der Waals surface area contributed by atoms with Crippen molar-refractivity contribution in [3.8, 4) is 5.75 Å². The maximum Gasteiger partial charge on any atom is 0.350 e. The zero-order valence-electron chi connectivity index (χ0n) is 8.68. The first-order valence-electron chi connectivity index (χ1n) is 4.35. The Hall–Kier alpha value is -1.89. The number of nitrogen functional groups attached to an aromatic ring is 1. The predicted octanol–water partition coefficient (Wildman–Crippen LogP) is 1.07. The fourth-order valence-electron chi connectivity index (χ4n) is 1.34. The number of hydrogen-bond donors (Lipinski definition) is 1. The van der Waals surface area contributed by atoms with Crippen LogP contribution >= 0.6 is 11.3 Å². The standard InChI is InChI=1S/C9H9N3O3S/c1-14-4-3-11-12-8-5(4)6(10)7(16-8)9(13)15-2/h3H,10H2,1-2H3. The lowest BCUT2D eigenvalue weighted by molar-refractivity contribution is 0.0607. The van der Waals surface area contributed by atoms with E-state index in [0.29, 0.717) is 26.5 Å². The van der Waals surface area contributed by atoms with Crippen molar-refractivity contribution >= 4 is 33.2 Å². The molecule has 0 spiro atoms. The fraction of sp³-hybridized carbons (Fsp3) is 0.222. The van der Waals surface area contributed by atoms with Gasteiger partial charge in [-0.05, 0) is 0 Å². The van der Waals surface area contributed by atoms with E-state index in [1.165, 1.54) is 20.4 Å². The molecule has 0 saturated heterocycles. The van der Waals surface area contributed by atoms with Crippen LogP contribution in [0.2, 0.25) is 0 Å². The third kappa shape index (κ3) is 1.45. The Balaban J connectivity index is 2.73. The minimum Gasteiger partial charge on any atom is -0.494 e. The Morgan fingerprint density at radius 1 is 1.50 bits per heavy atom. The Labute approximate surface area is 95.0 Å². The number of thiophene rings is 1. The van der Waals surface area contributed by atoms with E-state index in [9.17, 15) is 4.79 Å². The normalized spacial score (nSPS) is 10.4. The highest BCUT2D eigenvalue weighted by molar-refractivity contribution is 7.21. The van der Waals surface area contributed by atoms with Crippen molar-refractivity contribution in [1.82, 2.24) is 10.2 Å². The van der Waals surface area contributed by atoms with Crippen LogP contribution in [0.5, 0.6) is 5.75 Å². The molecule has 0 unspecified atom stereocenters. The second kappa shape index (κ2) is 3.93. The lowest BCUT2D eigenvalue weighted by Crippen LogP contribution is -2.01. The molecule has 2 aromatic heterocycles.